The molecule has 0 aliphatic rings. The minimum atomic E-state index is -0.926. The van der Waals surface area contributed by atoms with E-state index in [0.717, 1.165) is 11.1 Å². The van der Waals surface area contributed by atoms with Gasteiger partial charge in [0.2, 0.25) is 0 Å². The quantitative estimate of drug-likeness (QED) is 0.380. The fraction of sp³-hybridized carbons (Fsp3) is 0.176. The molecule has 0 radical (unpaired) electrons. The molecule has 0 atom stereocenters. The zero-order chi connectivity index (χ0) is 17.2. The summed E-state index contributed by atoms with van der Waals surface area (Å²) < 4.78 is 10.0. The summed E-state index contributed by atoms with van der Waals surface area (Å²) in [4.78, 5) is 29.3. The number of ether oxygens (including phenoxy) is 2. The minimum Gasteiger partial charge on any atom is -0.443 e. The number of carbonyl (C=O) groups excluding carboxylic acids is 2. The van der Waals surface area contributed by atoms with Gasteiger partial charge in [0.1, 0.15) is 17.8 Å². The van der Waals surface area contributed by atoms with Gasteiger partial charge < -0.3 is 9.47 Å². The summed E-state index contributed by atoms with van der Waals surface area (Å²) >= 11 is 1.85. The lowest BCUT2D eigenvalue weighted by Gasteiger charge is -2.18. The van der Waals surface area contributed by atoms with Crippen LogP contribution in [-0.4, -0.2) is 21.9 Å². The normalized spacial score (nSPS) is 10.0. The highest BCUT2D eigenvalue weighted by atomic mass is 127. The number of imide groups is 1. The zero-order valence-corrected chi connectivity index (χ0v) is 14.9. The Bertz CT molecular complexity index is 651. The van der Waals surface area contributed by atoms with E-state index in [-0.39, 0.29) is 17.8 Å². The summed E-state index contributed by atoms with van der Waals surface area (Å²) in [6.07, 6.45) is -1.84. The van der Waals surface area contributed by atoms with E-state index in [2.05, 4.69) is 0 Å². The molecule has 0 unspecified atom stereocenters. The lowest BCUT2D eigenvalue weighted by Crippen LogP contribution is -2.37. The molecule has 126 valence electrons. The number of hydroxylamine groups is 2. The van der Waals surface area contributed by atoms with Gasteiger partial charge in [-0.2, -0.15) is 0 Å². The molecule has 24 heavy (non-hydrogen) atoms. The first-order valence-corrected chi connectivity index (χ1v) is 8.63. The van der Waals surface area contributed by atoms with Crippen molar-refractivity contribution in [3.8, 4) is 0 Å². The van der Waals surface area contributed by atoms with Gasteiger partial charge in [0.15, 0.2) is 0 Å². The van der Waals surface area contributed by atoms with E-state index >= 15 is 0 Å². The maximum Gasteiger partial charge on any atom is 0.445 e. The van der Waals surface area contributed by atoms with Gasteiger partial charge in [0.25, 0.3) is 0 Å². The van der Waals surface area contributed by atoms with E-state index in [1.807, 2.05) is 83.3 Å². The third-order valence-electron chi connectivity index (χ3n) is 2.92. The molecule has 6 nitrogen and oxygen atoms in total. The van der Waals surface area contributed by atoms with Crippen LogP contribution in [0.5, 0.6) is 0 Å². The molecule has 2 aromatic rings. The van der Waals surface area contributed by atoms with Crippen LogP contribution in [0.25, 0.3) is 0 Å². The van der Waals surface area contributed by atoms with Crippen molar-refractivity contribution < 1.29 is 23.9 Å². The summed E-state index contributed by atoms with van der Waals surface area (Å²) in [7, 11) is 0. The fourth-order valence-electron chi connectivity index (χ4n) is 1.78. The second kappa shape index (κ2) is 9.89. The summed E-state index contributed by atoms with van der Waals surface area (Å²) in [5, 5.41) is 0.495. The smallest absolute Gasteiger partial charge is 0.443 e. The second-order valence-electron chi connectivity index (χ2n) is 4.61. The standard InChI is InChI=1S/C17H16INO5/c18-13-23-17(21)19(24-12-15-9-5-2-6-10-15)16(20)22-11-14-7-3-1-4-8-14/h1-10H,11-13H2. The lowest BCUT2D eigenvalue weighted by atomic mass is 10.2. The maximum atomic E-state index is 12.1. The number of hydrogen-bond donors (Lipinski definition) is 0. The number of hydrogen-bond acceptors (Lipinski definition) is 5. The van der Waals surface area contributed by atoms with Crippen LogP contribution in [0.3, 0.4) is 0 Å². The summed E-state index contributed by atoms with van der Waals surface area (Å²) in [6, 6.07) is 18.3. The highest BCUT2D eigenvalue weighted by Gasteiger charge is 2.26. The number of rotatable bonds is 6. The molecule has 2 rings (SSSR count). The molecule has 7 heteroatoms. The Morgan fingerprint density at radius 3 is 1.83 bits per heavy atom. The predicted octanol–water partition coefficient (Wildman–Crippen LogP) is 4.29. The van der Waals surface area contributed by atoms with E-state index in [9.17, 15) is 9.59 Å². The van der Waals surface area contributed by atoms with E-state index < -0.39 is 12.2 Å². The zero-order valence-electron chi connectivity index (χ0n) is 12.8. The molecule has 2 amide bonds. The number of amides is 2. The first-order chi connectivity index (χ1) is 11.7. The Labute approximate surface area is 153 Å². The fourth-order valence-corrected chi connectivity index (χ4v) is 2.04. The van der Waals surface area contributed by atoms with Gasteiger partial charge in [-0.15, -0.1) is 0 Å². The third-order valence-corrected chi connectivity index (χ3v) is 3.23. The molecule has 0 aliphatic carbocycles. The monoisotopic (exact) mass is 441 g/mol. The first-order valence-electron chi connectivity index (χ1n) is 7.11. The number of benzene rings is 2. The van der Waals surface area contributed by atoms with Crippen LogP contribution >= 0.6 is 22.6 Å². The van der Waals surface area contributed by atoms with Crippen molar-refractivity contribution in [3.63, 3.8) is 0 Å². The molecular formula is C17H16INO5. The Kier molecular flexibility index (Phi) is 7.50. The number of alkyl halides is 1. The molecule has 0 spiro atoms. The Hall–Kier alpha value is -2.13. The Morgan fingerprint density at radius 1 is 0.792 bits per heavy atom. The van der Waals surface area contributed by atoms with Crippen molar-refractivity contribution in [1.82, 2.24) is 5.06 Å². The highest BCUT2D eigenvalue weighted by molar-refractivity contribution is 14.1. The molecule has 0 saturated heterocycles. The van der Waals surface area contributed by atoms with Gasteiger partial charge in [0, 0.05) is 0 Å². The van der Waals surface area contributed by atoms with E-state index in [1.165, 1.54) is 0 Å². The van der Waals surface area contributed by atoms with Gasteiger partial charge in [-0.3, -0.25) is 4.84 Å². The van der Waals surface area contributed by atoms with Gasteiger partial charge >= 0.3 is 12.2 Å². The van der Waals surface area contributed by atoms with Crippen LogP contribution in [0.1, 0.15) is 11.1 Å². The summed E-state index contributed by atoms with van der Waals surface area (Å²) in [6.45, 7) is 0.0695. The molecule has 0 aromatic heterocycles. The van der Waals surface area contributed by atoms with Crippen LogP contribution in [0.15, 0.2) is 60.7 Å². The van der Waals surface area contributed by atoms with Gasteiger partial charge in [-0.05, 0) is 33.7 Å². The van der Waals surface area contributed by atoms with Crippen LogP contribution in [-0.2, 0) is 27.5 Å². The molecule has 0 fully saturated rings. The second-order valence-corrected chi connectivity index (χ2v) is 5.24. The molecule has 0 heterocycles. The van der Waals surface area contributed by atoms with Crippen LogP contribution < -0.4 is 0 Å². The molecule has 0 bridgehead atoms. The van der Waals surface area contributed by atoms with Crippen molar-refractivity contribution in [2.75, 3.05) is 4.61 Å². The molecule has 0 N–H and O–H groups in total. The predicted molar refractivity (Wildman–Crippen MR) is 95.1 cm³/mol. The van der Waals surface area contributed by atoms with E-state index in [0.29, 0.717) is 5.06 Å². The molecule has 0 saturated carbocycles. The van der Waals surface area contributed by atoms with E-state index in [4.69, 9.17) is 14.3 Å². The molecular weight excluding hydrogens is 425 g/mol. The molecule has 0 aliphatic heterocycles. The summed E-state index contributed by atoms with van der Waals surface area (Å²) in [5.74, 6) is 0. The topological polar surface area (TPSA) is 65.1 Å². The lowest BCUT2D eigenvalue weighted by molar-refractivity contribution is -0.126. The van der Waals surface area contributed by atoms with Crippen molar-refractivity contribution in [3.05, 3.63) is 71.8 Å². The van der Waals surface area contributed by atoms with Crippen molar-refractivity contribution in [2.45, 2.75) is 13.2 Å². The van der Waals surface area contributed by atoms with Gasteiger partial charge in [0.05, 0.1) is 0 Å². The Balaban J connectivity index is 1.96. The SMILES string of the molecule is O=C(OCI)N(OCc1ccccc1)C(=O)OCc1ccccc1. The van der Waals surface area contributed by atoms with Crippen molar-refractivity contribution in [1.29, 1.82) is 0 Å². The number of carbonyl (C=O) groups is 2. The van der Waals surface area contributed by atoms with Crippen molar-refractivity contribution >= 4 is 34.8 Å². The Morgan fingerprint density at radius 2 is 1.29 bits per heavy atom. The average Bonchev–Trinajstić information content (AvgIpc) is 2.62. The maximum absolute atomic E-state index is 12.1. The largest absolute Gasteiger partial charge is 0.445 e. The van der Waals surface area contributed by atoms with E-state index in [1.54, 1.807) is 0 Å². The summed E-state index contributed by atoms with van der Waals surface area (Å²) in [5.41, 5.74) is 1.61. The number of nitrogens with zero attached hydrogens (tertiary/aromatic N) is 1. The van der Waals surface area contributed by atoms with Crippen LogP contribution in [0, 0.1) is 0 Å². The average molecular weight is 441 g/mol. The first kappa shape index (κ1) is 18.2. The van der Waals surface area contributed by atoms with Gasteiger partial charge in [-0.1, -0.05) is 65.7 Å². The number of halogens is 1. The third kappa shape index (κ3) is 5.82. The van der Waals surface area contributed by atoms with Crippen LogP contribution in [0.4, 0.5) is 9.59 Å². The van der Waals surface area contributed by atoms with Crippen LogP contribution in [0.2, 0.25) is 0 Å². The van der Waals surface area contributed by atoms with Gasteiger partial charge in [-0.25, -0.2) is 9.59 Å². The highest BCUT2D eigenvalue weighted by Crippen LogP contribution is 2.09. The minimum absolute atomic E-state index is 0.0301. The van der Waals surface area contributed by atoms with Crippen molar-refractivity contribution in [2.24, 2.45) is 0 Å². The molecule has 2 aromatic carbocycles.